The van der Waals surface area contributed by atoms with Crippen molar-refractivity contribution in [2.24, 2.45) is 0 Å². The fourth-order valence-electron chi connectivity index (χ4n) is 3.10. The summed E-state index contributed by atoms with van der Waals surface area (Å²) in [6, 6.07) is 16.5. The molecule has 0 saturated carbocycles. The molecule has 2 aromatic heterocycles. The first-order valence-corrected chi connectivity index (χ1v) is 12.1. The summed E-state index contributed by atoms with van der Waals surface area (Å²) in [7, 11) is 0. The molecule has 4 rings (SSSR count). The molecule has 1 aromatic carbocycles. The third-order valence-electron chi connectivity index (χ3n) is 4.32. The van der Waals surface area contributed by atoms with Gasteiger partial charge in [-0.2, -0.15) is 0 Å². The smallest absolute Gasteiger partial charge is 0.419 e. The van der Waals surface area contributed by atoms with Crippen molar-refractivity contribution >= 4 is 56.8 Å². The zero-order chi connectivity index (χ0) is 20.6. The third-order valence-corrected chi connectivity index (χ3v) is 7.79. The highest BCUT2D eigenvalue weighted by Crippen LogP contribution is 2.54. The maximum absolute atomic E-state index is 13.4. The number of carbonyl (C=O) groups excluding carboxylic acids is 1. The molecule has 0 aliphatic carbocycles. The van der Waals surface area contributed by atoms with E-state index >= 15 is 0 Å². The van der Waals surface area contributed by atoms with E-state index in [0.717, 1.165) is 37.4 Å². The maximum Gasteiger partial charge on any atom is 0.419 e. The van der Waals surface area contributed by atoms with Crippen LogP contribution in [0.2, 0.25) is 0 Å². The van der Waals surface area contributed by atoms with Crippen LogP contribution < -0.4 is 4.90 Å². The number of nitrogens with zero attached hydrogens (tertiary/aromatic N) is 1. The number of ether oxygens (including phenoxy) is 1. The Kier molecular flexibility index (Phi) is 5.60. The Balaban J connectivity index is 1.94. The van der Waals surface area contributed by atoms with Crippen molar-refractivity contribution < 1.29 is 9.53 Å². The van der Waals surface area contributed by atoms with Crippen LogP contribution in [-0.4, -0.2) is 11.7 Å². The van der Waals surface area contributed by atoms with Crippen molar-refractivity contribution in [1.29, 1.82) is 0 Å². The molecule has 0 fully saturated rings. The zero-order valence-electron chi connectivity index (χ0n) is 16.9. The Labute approximate surface area is 184 Å². The van der Waals surface area contributed by atoms with Crippen molar-refractivity contribution in [2.75, 3.05) is 4.90 Å². The lowest BCUT2D eigenvalue weighted by Gasteiger charge is -2.33. The minimum atomic E-state index is -0.571. The first kappa shape index (κ1) is 20.3. The normalized spacial score (nSPS) is 14.1. The number of hydrogen-bond donors (Lipinski definition) is 0. The van der Waals surface area contributed by atoms with E-state index in [2.05, 4.69) is 31.2 Å². The lowest BCUT2D eigenvalue weighted by Crippen LogP contribution is -2.36. The van der Waals surface area contributed by atoms with Crippen molar-refractivity contribution in [3.63, 3.8) is 0 Å². The van der Waals surface area contributed by atoms with Gasteiger partial charge in [-0.1, -0.05) is 55.1 Å². The van der Waals surface area contributed by atoms with Gasteiger partial charge < -0.3 is 4.74 Å². The Morgan fingerprint density at radius 1 is 1.10 bits per heavy atom. The van der Waals surface area contributed by atoms with Gasteiger partial charge >= 0.3 is 6.09 Å². The van der Waals surface area contributed by atoms with E-state index < -0.39 is 5.60 Å². The molecule has 0 atom stereocenters. The summed E-state index contributed by atoms with van der Waals surface area (Å²) in [4.78, 5) is 18.6. The van der Waals surface area contributed by atoms with Crippen molar-refractivity contribution in [2.45, 2.75) is 43.9 Å². The molecule has 0 unspecified atom stereocenters. The number of carbonyl (C=O) groups is 1. The SMILES string of the molecule is CCc1cc2c(s1)SC(c1ccccc1)=C(c1cccs1)N2C(=O)OC(C)(C)C. The summed E-state index contributed by atoms with van der Waals surface area (Å²) in [6.45, 7) is 7.86. The molecular weight excluding hydrogens is 418 g/mol. The first-order chi connectivity index (χ1) is 13.9. The number of thioether (sulfide) groups is 1. The predicted octanol–water partition coefficient (Wildman–Crippen LogP) is 7.75. The number of anilines is 1. The second kappa shape index (κ2) is 8.01. The van der Waals surface area contributed by atoms with E-state index in [1.165, 1.54) is 4.88 Å². The number of thiophene rings is 2. The number of aryl methyl sites for hydroxylation is 1. The monoisotopic (exact) mass is 441 g/mol. The lowest BCUT2D eigenvalue weighted by atomic mass is 10.1. The standard InChI is InChI=1S/C23H23NO2S3/c1-5-16-14-17-21(28-16)29-20(15-10-7-6-8-11-15)19(18-12-9-13-27-18)24(17)22(25)26-23(2,3)4/h6-14H,5H2,1-4H3. The predicted molar refractivity (Wildman–Crippen MR) is 126 cm³/mol. The fourth-order valence-corrected chi connectivity index (χ4v) is 6.46. The van der Waals surface area contributed by atoms with Gasteiger partial charge in [0.15, 0.2) is 0 Å². The third kappa shape index (κ3) is 4.15. The van der Waals surface area contributed by atoms with Crippen LogP contribution in [0.5, 0.6) is 0 Å². The van der Waals surface area contributed by atoms with Gasteiger partial charge in [-0.25, -0.2) is 9.69 Å². The van der Waals surface area contributed by atoms with Gasteiger partial charge in [0.05, 0.1) is 20.5 Å². The quantitative estimate of drug-likeness (QED) is 0.416. The lowest BCUT2D eigenvalue weighted by molar-refractivity contribution is 0.0600. The van der Waals surface area contributed by atoms with Gasteiger partial charge in [0.1, 0.15) is 5.60 Å². The number of rotatable bonds is 3. The minimum absolute atomic E-state index is 0.337. The number of hydrogen-bond acceptors (Lipinski definition) is 5. The Morgan fingerprint density at radius 2 is 1.86 bits per heavy atom. The topological polar surface area (TPSA) is 29.5 Å². The molecule has 3 heterocycles. The van der Waals surface area contributed by atoms with E-state index in [1.807, 2.05) is 50.4 Å². The summed E-state index contributed by atoms with van der Waals surface area (Å²) in [5.41, 5.74) is 2.36. The highest BCUT2D eigenvalue weighted by atomic mass is 32.2. The minimum Gasteiger partial charge on any atom is -0.443 e. The molecule has 1 aliphatic rings. The van der Waals surface area contributed by atoms with Crippen LogP contribution in [0.4, 0.5) is 10.5 Å². The number of fused-ring (bicyclic) bond motifs is 1. The van der Waals surface area contributed by atoms with Gasteiger partial charge in [0.25, 0.3) is 0 Å². The molecule has 3 nitrogen and oxygen atoms in total. The molecule has 29 heavy (non-hydrogen) atoms. The highest BCUT2D eigenvalue weighted by molar-refractivity contribution is 8.10. The van der Waals surface area contributed by atoms with Crippen LogP contribution in [0.25, 0.3) is 10.6 Å². The maximum atomic E-state index is 13.4. The molecule has 0 radical (unpaired) electrons. The average molecular weight is 442 g/mol. The molecule has 0 bridgehead atoms. The van der Waals surface area contributed by atoms with Gasteiger partial charge in [-0.3, -0.25) is 0 Å². The van der Waals surface area contributed by atoms with Crippen molar-refractivity contribution in [3.8, 4) is 0 Å². The summed E-state index contributed by atoms with van der Waals surface area (Å²) in [5.74, 6) is 0. The van der Waals surface area contributed by atoms with Gasteiger partial charge in [-0.05, 0) is 50.3 Å². The molecule has 1 amide bonds. The first-order valence-electron chi connectivity index (χ1n) is 9.54. The second-order valence-electron chi connectivity index (χ2n) is 7.68. The number of amides is 1. The van der Waals surface area contributed by atoms with E-state index in [1.54, 1.807) is 39.3 Å². The van der Waals surface area contributed by atoms with Crippen LogP contribution in [-0.2, 0) is 11.2 Å². The largest absolute Gasteiger partial charge is 0.443 e. The molecule has 6 heteroatoms. The molecular formula is C23H23NO2S3. The van der Waals surface area contributed by atoms with Gasteiger partial charge in [0, 0.05) is 9.78 Å². The molecule has 0 N–H and O–H groups in total. The Hall–Kier alpha value is -2.02. The van der Waals surface area contributed by atoms with Crippen LogP contribution in [0.3, 0.4) is 0 Å². The van der Waals surface area contributed by atoms with E-state index in [-0.39, 0.29) is 6.09 Å². The highest BCUT2D eigenvalue weighted by Gasteiger charge is 2.36. The molecule has 150 valence electrons. The molecule has 1 aliphatic heterocycles. The second-order valence-corrected chi connectivity index (χ2v) is 11.0. The molecule has 3 aromatic rings. The van der Waals surface area contributed by atoms with E-state index in [0.29, 0.717) is 0 Å². The van der Waals surface area contributed by atoms with Crippen molar-refractivity contribution in [3.05, 3.63) is 69.2 Å². The van der Waals surface area contributed by atoms with Gasteiger partial charge in [0.2, 0.25) is 0 Å². The summed E-state index contributed by atoms with van der Waals surface area (Å²) < 4.78 is 6.97. The summed E-state index contributed by atoms with van der Waals surface area (Å²) in [6.07, 6.45) is 0.603. The Bertz CT molecular complexity index is 1040. The van der Waals surface area contributed by atoms with Gasteiger partial charge in [-0.15, -0.1) is 22.7 Å². The zero-order valence-corrected chi connectivity index (χ0v) is 19.3. The average Bonchev–Trinajstić information content (AvgIpc) is 3.35. The fraction of sp³-hybridized carbons (Fsp3) is 0.261. The molecule has 0 saturated heterocycles. The molecule has 0 spiro atoms. The van der Waals surface area contributed by atoms with Crippen LogP contribution in [0, 0.1) is 0 Å². The number of benzene rings is 1. The van der Waals surface area contributed by atoms with Crippen LogP contribution >= 0.6 is 34.4 Å². The van der Waals surface area contributed by atoms with Crippen LogP contribution in [0.15, 0.2) is 58.1 Å². The van der Waals surface area contributed by atoms with Crippen LogP contribution in [0.1, 0.15) is 43.0 Å². The summed E-state index contributed by atoms with van der Waals surface area (Å²) in [5, 5.41) is 2.05. The van der Waals surface area contributed by atoms with E-state index in [9.17, 15) is 4.79 Å². The van der Waals surface area contributed by atoms with Crippen molar-refractivity contribution in [1.82, 2.24) is 0 Å². The van der Waals surface area contributed by atoms with E-state index in [4.69, 9.17) is 4.74 Å². The summed E-state index contributed by atoms with van der Waals surface area (Å²) >= 11 is 5.14. The Morgan fingerprint density at radius 3 is 2.48 bits per heavy atom.